The van der Waals surface area contributed by atoms with Crippen molar-refractivity contribution in [2.45, 2.75) is 4.90 Å². The fourth-order valence-corrected chi connectivity index (χ4v) is 1.77. The standard InChI is InChI=1S/C10H10O7S.Na.H/c1-16-9(11)6-3-7(10(12)17-2)5-8(4-6)18(13,14)15;;/h3-5H,1-2H3,(H,13,14,15);;. The molecular weight excluding hydrogens is 287 g/mol. The van der Waals surface area contributed by atoms with Crippen LogP contribution < -0.4 is 0 Å². The van der Waals surface area contributed by atoms with Crippen molar-refractivity contribution in [3.05, 3.63) is 29.3 Å². The van der Waals surface area contributed by atoms with Crippen molar-refractivity contribution in [2.24, 2.45) is 0 Å². The van der Waals surface area contributed by atoms with Gasteiger partial charge in [-0.05, 0) is 18.2 Å². The minimum absolute atomic E-state index is 0. The third-order valence-electron chi connectivity index (χ3n) is 2.05. The van der Waals surface area contributed by atoms with Gasteiger partial charge in [-0.25, -0.2) is 9.59 Å². The van der Waals surface area contributed by atoms with Crippen molar-refractivity contribution in [3.8, 4) is 0 Å². The molecule has 0 aliphatic heterocycles. The Hall–Kier alpha value is -0.930. The van der Waals surface area contributed by atoms with Crippen molar-refractivity contribution < 1.29 is 32.0 Å². The van der Waals surface area contributed by atoms with E-state index in [-0.39, 0.29) is 40.7 Å². The molecule has 19 heavy (non-hydrogen) atoms. The fourth-order valence-electron chi connectivity index (χ4n) is 1.22. The molecule has 1 rings (SSSR count). The molecule has 0 saturated heterocycles. The van der Waals surface area contributed by atoms with Gasteiger partial charge in [0.2, 0.25) is 0 Å². The van der Waals surface area contributed by atoms with Crippen molar-refractivity contribution >= 4 is 51.6 Å². The number of hydrogen-bond donors (Lipinski definition) is 1. The van der Waals surface area contributed by atoms with E-state index in [9.17, 15) is 18.0 Å². The summed E-state index contributed by atoms with van der Waals surface area (Å²) in [5, 5.41) is 0. The maximum atomic E-state index is 11.3. The van der Waals surface area contributed by atoms with E-state index in [0.717, 1.165) is 32.4 Å². The van der Waals surface area contributed by atoms with Crippen molar-refractivity contribution in [1.82, 2.24) is 0 Å². The van der Waals surface area contributed by atoms with Crippen molar-refractivity contribution in [2.75, 3.05) is 14.2 Å². The van der Waals surface area contributed by atoms with Crippen LogP contribution in [-0.2, 0) is 19.6 Å². The van der Waals surface area contributed by atoms with Gasteiger partial charge < -0.3 is 9.47 Å². The number of benzene rings is 1. The molecule has 1 N–H and O–H groups in total. The fraction of sp³-hybridized carbons (Fsp3) is 0.200. The Morgan fingerprint density at radius 2 is 1.37 bits per heavy atom. The van der Waals surface area contributed by atoms with Crippen molar-refractivity contribution in [1.29, 1.82) is 0 Å². The summed E-state index contributed by atoms with van der Waals surface area (Å²) in [6.45, 7) is 0. The Kier molecular flexibility index (Phi) is 6.67. The minimum atomic E-state index is -4.55. The quantitative estimate of drug-likeness (QED) is 0.470. The van der Waals surface area contributed by atoms with Gasteiger partial charge in [-0.1, -0.05) is 0 Å². The average Bonchev–Trinajstić information content (AvgIpc) is 2.35. The third-order valence-corrected chi connectivity index (χ3v) is 2.88. The number of methoxy groups -OCH3 is 2. The summed E-state index contributed by atoms with van der Waals surface area (Å²) < 4.78 is 39.7. The first-order chi connectivity index (χ1) is 8.29. The first kappa shape index (κ1) is 18.1. The molecule has 0 radical (unpaired) electrons. The molecule has 0 bridgehead atoms. The summed E-state index contributed by atoms with van der Waals surface area (Å²) >= 11 is 0. The summed E-state index contributed by atoms with van der Waals surface area (Å²) in [5.74, 6) is -1.68. The first-order valence-corrected chi connectivity index (χ1v) is 6.03. The molecule has 100 valence electrons. The molecule has 0 amide bonds. The van der Waals surface area contributed by atoms with Crippen LogP contribution in [0, 0.1) is 0 Å². The second-order valence-corrected chi connectivity index (χ2v) is 4.63. The monoisotopic (exact) mass is 298 g/mol. The predicted octanol–water partition coefficient (Wildman–Crippen LogP) is -0.142. The van der Waals surface area contributed by atoms with E-state index in [4.69, 9.17) is 4.55 Å². The van der Waals surface area contributed by atoms with E-state index < -0.39 is 27.0 Å². The molecule has 7 nitrogen and oxygen atoms in total. The molecular formula is C10H11NaO7S. The summed E-state index contributed by atoms with van der Waals surface area (Å²) in [5.41, 5.74) is -0.374. The van der Waals surface area contributed by atoms with Crippen LogP contribution in [0.3, 0.4) is 0 Å². The molecule has 0 saturated carbocycles. The molecule has 9 heteroatoms. The second-order valence-electron chi connectivity index (χ2n) is 3.20. The zero-order valence-corrected chi connectivity index (χ0v) is 10.4. The Morgan fingerprint density at radius 3 is 1.63 bits per heavy atom. The Balaban J connectivity index is 0.00000324. The predicted molar refractivity (Wildman–Crippen MR) is 66.1 cm³/mol. The van der Waals surface area contributed by atoms with Crippen LogP contribution in [-0.4, -0.2) is 68.7 Å². The van der Waals surface area contributed by atoms with E-state index in [0.29, 0.717) is 0 Å². The second kappa shape index (κ2) is 7.01. The summed E-state index contributed by atoms with van der Waals surface area (Å²) in [7, 11) is -2.35. The zero-order valence-electron chi connectivity index (χ0n) is 9.54. The molecule has 0 fully saturated rings. The summed E-state index contributed by atoms with van der Waals surface area (Å²) in [6, 6.07) is 2.90. The Morgan fingerprint density at radius 1 is 1.00 bits per heavy atom. The molecule has 1 aromatic carbocycles. The topological polar surface area (TPSA) is 107 Å². The van der Waals surface area contributed by atoms with Gasteiger partial charge in [-0.3, -0.25) is 4.55 Å². The van der Waals surface area contributed by atoms with Gasteiger partial charge in [0, 0.05) is 0 Å². The van der Waals surface area contributed by atoms with E-state index >= 15 is 0 Å². The van der Waals surface area contributed by atoms with Crippen LogP contribution in [0.15, 0.2) is 23.1 Å². The molecule has 0 spiro atoms. The Labute approximate surface area is 131 Å². The van der Waals surface area contributed by atoms with Crippen molar-refractivity contribution in [3.63, 3.8) is 0 Å². The van der Waals surface area contributed by atoms with Gasteiger partial charge in [0.25, 0.3) is 10.1 Å². The van der Waals surface area contributed by atoms with Gasteiger partial charge in [0.05, 0.1) is 30.2 Å². The van der Waals surface area contributed by atoms with E-state index in [1.807, 2.05) is 0 Å². The van der Waals surface area contributed by atoms with Gasteiger partial charge in [0.15, 0.2) is 0 Å². The molecule has 0 atom stereocenters. The van der Waals surface area contributed by atoms with Gasteiger partial charge in [-0.15, -0.1) is 0 Å². The van der Waals surface area contributed by atoms with Gasteiger partial charge >= 0.3 is 41.5 Å². The van der Waals surface area contributed by atoms with E-state index in [2.05, 4.69) is 9.47 Å². The molecule has 0 unspecified atom stereocenters. The SMILES string of the molecule is COC(=O)c1cc(C(=O)OC)cc(S(=O)(=O)O)c1.[NaH]. The summed E-state index contributed by atoms with van der Waals surface area (Å²) in [6.07, 6.45) is 0. The van der Waals surface area contributed by atoms with Crippen LogP contribution in [0.2, 0.25) is 0 Å². The summed E-state index contributed by atoms with van der Waals surface area (Å²) in [4.78, 5) is 22.0. The molecule has 0 aliphatic carbocycles. The maximum absolute atomic E-state index is 11.3. The number of hydrogen-bond acceptors (Lipinski definition) is 6. The van der Waals surface area contributed by atoms with Gasteiger partial charge in [-0.2, -0.15) is 8.42 Å². The van der Waals surface area contributed by atoms with Crippen LogP contribution >= 0.6 is 0 Å². The third kappa shape index (κ3) is 4.59. The average molecular weight is 298 g/mol. The van der Waals surface area contributed by atoms with E-state index in [1.165, 1.54) is 0 Å². The van der Waals surface area contributed by atoms with E-state index in [1.54, 1.807) is 0 Å². The molecule has 0 aliphatic rings. The van der Waals surface area contributed by atoms with Crippen LogP contribution in [0.1, 0.15) is 20.7 Å². The number of rotatable bonds is 3. The molecule has 1 aromatic rings. The molecule has 0 aromatic heterocycles. The normalized spacial score (nSPS) is 10.3. The number of carbonyl (C=O) groups is 2. The Bertz CT molecular complexity index is 560. The zero-order chi connectivity index (χ0) is 13.9. The number of ether oxygens (including phenoxy) is 2. The number of esters is 2. The van der Waals surface area contributed by atoms with Crippen LogP contribution in [0.25, 0.3) is 0 Å². The molecule has 0 heterocycles. The van der Waals surface area contributed by atoms with Crippen LogP contribution in [0.4, 0.5) is 0 Å². The first-order valence-electron chi connectivity index (χ1n) is 4.59. The number of carbonyl (C=O) groups excluding carboxylic acids is 2. The van der Waals surface area contributed by atoms with Gasteiger partial charge in [0.1, 0.15) is 0 Å². The van der Waals surface area contributed by atoms with Crippen LogP contribution in [0.5, 0.6) is 0 Å².